The lowest BCUT2D eigenvalue weighted by Crippen LogP contribution is -2.19. The molecule has 3 atom stereocenters. The number of hydrogen-bond acceptors (Lipinski definition) is 4. The van der Waals surface area contributed by atoms with E-state index in [9.17, 15) is 0 Å². The molecule has 0 amide bonds. The fourth-order valence-corrected chi connectivity index (χ4v) is 3.32. The molecule has 1 aromatic carbocycles. The molecule has 0 saturated heterocycles. The van der Waals surface area contributed by atoms with E-state index in [1.54, 1.807) is 7.11 Å². The third kappa shape index (κ3) is 2.03. The molecule has 0 aromatic heterocycles. The van der Waals surface area contributed by atoms with Crippen molar-refractivity contribution in [2.45, 2.75) is 58.3 Å². The highest BCUT2D eigenvalue weighted by Gasteiger charge is 2.36. The average molecular weight is 277 g/mol. The SMILES string of the molecule is COc1c2c(c(CC(C)N)c3c1OC(C)C3)OC(C)C2. The summed E-state index contributed by atoms with van der Waals surface area (Å²) in [7, 11) is 1.70. The smallest absolute Gasteiger partial charge is 0.168 e. The Hall–Kier alpha value is -1.42. The maximum Gasteiger partial charge on any atom is 0.168 e. The van der Waals surface area contributed by atoms with Gasteiger partial charge in [-0.1, -0.05) is 0 Å². The van der Waals surface area contributed by atoms with Gasteiger partial charge in [0.15, 0.2) is 11.5 Å². The highest BCUT2D eigenvalue weighted by atomic mass is 16.5. The third-order valence-electron chi connectivity index (χ3n) is 4.02. The third-order valence-corrected chi connectivity index (χ3v) is 4.02. The lowest BCUT2D eigenvalue weighted by molar-refractivity contribution is 0.242. The molecule has 0 aliphatic carbocycles. The van der Waals surface area contributed by atoms with Gasteiger partial charge in [-0.15, -0.1) is 0 Å². The summed E-state index contributed by atoms with van der Waals surface area (Å²) in [6.07, 6.45) is 2.96. The first kappa shape index (κ1) is 13.6. The van der Waals surface area contributed by atoms with Gasteiger partial charge in [0.2, 0.25) is 0 Å². The van der Waals surface area contributed by atoms with E-state index in [2.05, 4.69) is 13.8 Å². The molecule has 1 aromatic rings. The Morgan fingerprint density at radius 1 is 1.15 bits per heavy atom. The van der Waals surface area contributed by atoms with Gasteiger partial charge in [0.25, 0.3) is 0 Å². The normalized spacial score (nSPS) is 24.6. The topological polar surface area (TPSA) is 53.7 Å². The van der Waals surface area contributed by atoms with Gasteiger partial charge in [-0.2, -0.15) is 0 Å². The predicted molar refractivity (Wildman–Crippen MR) is 77.9 cm³/mol. The molecule has 0 fully saturated rings. The molecule has 3 unspecified atom stereocenters. The van der Waals surface area contributed by atoms with Gasteiger partial charge in [0.1, 0.15) is 18.0 Å². The Balaban J connectivity index is 2.19. The number of methoxy groups -OCH3 is 1. The molecule has 0 bridgehead atoms. The molecule has 2 heterocycles. The summed E-state index contributed by atoms with van der Waals surface area (Å²) >= 11 is 0. The zero-order valence-electron chi connectivity index (χ0n) is 12.7. The summed E-state index contributed by atoms with van der Waals surface area (Å²) in [5, 5.41) is 0. The van der Waals surface area contributed by atoms with Gasteiger partial charge >= 0.3 is 0 Å². The molecule has 110 valence electrons. The van der Waals surface area contributed by atoms with Gasteiger partial charge in [-0.25, -0.2) is 0 Å². The minimum atomic E-state index is 0.104. The molecule has 0 saturated carbocycles. The highest BCUT2D eigenvalue weighted by molar-refractivity contribution is 5.66. The quantitative estimate of drug-likeness (QED) is 0.920. The molecule has 3 rings (SSSR count). The molecule has 2 aliphatic rings. The van der Waals surface area contributed by atoms with Gasteiger partial charge < -0.3 is 19.9 Å². The number of nitrogens with two attached hydrogens (primary N) is 1. The number of rotatable bonds is 3. The van der Waals surface area contributed by atoms with Crippen LogP contribution in [0.4, 0.5) is 0 Å². The number of hydrogen-bond donors (Lipinski definition) is 1. The molecule has 0 spiro atoms. The average Bonchev–Trinajstić information content (AvgIpc) is 2.91. The zero-order valence-corrected chi connectivity index (χ0v) is 12.7. The fourth-order valence-electron chi connectivity index (χ4n) is 3.32. The second kappa shape index (κ2) is 4.85. The van der Waals surface area contributed by atoms with E-state index in [0.29, 0.717) is 0 Å². The van der Waals surface area contributed by atoms with Crippen LogP contribution in [0.5, 0.6) is 17.2 Å². The second-order valence-corrected chi connectivity index (χ2v) is 6.07. The zero-order chi connectivity index (χ0) is 14.4. The lowest BCUT2D eigenvalue weighted by atomic mass is 9.93. The second-order valence-electron chi connectivity index (χ2n) is 6.07. The van der Waals surface area contributed by atoms with Crippen molar-refractivity contribution >= 4 is 0 Å². The first-order chi connectivity index (χ1) is 9.51. The Morgan fingerprint density at radius 2 is 1.75 bits per heavy atom. The van der Waals surface area contributed by atoms with E-state index in [1.165, 1.54) is 11.1 Å². The molecule has 4 heteroatoms. The van der Waals surface area contributed by atoms with Gasteiger partial charge in [-0.05, 0) is 27.2 Å². The van der Waals surface area contributed by atoms with E-state index < -0.39 is 0 Å². The summed E-state index contributed by atoms with van der Waals surface area (Å²) in [6, 6.07) is 0.104. The van der Waals surface area contributed by atoms with Gasteiger partial charge in [-0.3, -0.25) is 0 Å². The minimum Gasteiger partial charge on any atom is -0.492 e. The Kier molecular flexibility index (Phi) is 3.28. The van der Waals surface area contributed by atoms with Gasteiger partial charge in [0, 0.05) is 35.6 Å². The van der Waals surface area contributed by atoms with Crippen LogP contribution in [0.1, 0.15) is 37.5 Å². The van der Waals surface area contributed by atoms with Crippen molar-refractivity contribution in [2.24, 2.45) is 5.73 Å². The minimum absolute atomic E-state index is 0.104. The number of ether oxygens (including phenoxy) is 3. The largest absolute Gasteiger partial charge is 0.492 e. The lowest BCUT2D eigenvalue weighted by Gasteiger charge is -2.18. The van der Waals surface area contributed by atoms with Crippen LogP contribution in [0.3, 0.4) is 0 Å². The molecular formula is C16H23NO3. The van der Waals surface area contributed by atoms with E-state index >= 15 is 0 Å². The summed E-state index contributed by atoms with van der Waals surface area (Å²) in [4.78, 5) is 0. The van der Waals surface area contributed by atoms with Crippen molar-refractivity contribution < 1.29 is 14.2 Å². The molecule has 2 N–H and O–H groups in total. The number of fused-ring (bicyclic) bond motifs is 2. The molecule has 20 heavy (non-hydrogen) atoms. The van der Waals surface area contributed by atoms with Crippen LogP contribution in [-0.4, -0.2) is 25.4 Å². The maximum absolute atomic E-state index is 6.05. The standard InChI is InChI=1S/C16H23NO3/c1-8(17)5-11-12-6-9(2)20-16(12)15(18-4)13-7-10(3)19-14(11)13/h8-10H,5-7,17H2,1-4H3. The van der Waals surface area contributed by atoms with E-state index in [4.69, 9.17) is 19.9 Å². The van der Waals surface area contributed by atoms with Crippen LogP contribution in [0.2, 0.25) is 0 Å². The predicted octanol–water partition coefficient (Wildman–Crippen LogP) is 2.23. The van der Waals surface area contributed by atoms with Crippen molar-refractivity contribution in [2.75, 3.05) is 7.11 Å². The first-order valence-electron chi connectivity index (χ1n) is 7.34. The van der Waals surface area contributed by atoms with Crippen molar-refractivity contribution in [1.82, 2.24) is 0 Å². The van der Waals surface area contributed by atoms with Crippen molar-refractivity contribution in [3.8, 4) is 17.2 Å². The Labute approximate surface area is 120 Å². The van der Waals surface area contributed by atoms with E-state index in [-0.39, 0.29) is 18.2 Å². The molecule has 0 radical (unpaired) electrons. The van der Waals surface area contributed by atoms with Crippen LogP contribution < -0.4 is 19.9 Å². The molecular weight excluding hydrogens is 254 g/mol. The maximum atomic E-state index is 6.05. The summed E-state index contributed by atoms with van der Waals surface area (Å²) in [6.45, 7) is 6.20. The summed E-state index contributed by atoms with van der Waals surface area (Å²) in [5.41, 5.74) is 9.61. The van der Waals surface area contributed by atoms with Crippen molar-refractivity contribution in [1.29, 1.82) is 0 Å². The summed E-state index contributed by atoms with van der Waals surface area (Å²) in [5.74, 6) is 2.76. The summed E-state index contributed by atoms with van der Waals surface area (Å²) < 4.78 is 17.7. The van der Waals surface area contributed by atoms with E-state index in [0.717, 1.165) is 42.1 Å². The van der Waals surface area contributed by atoms with Gasteiger partial charge in [0.05, 0.1) is 7.11 Å². The van der Waals surface area contributed by atoms with Crippen LogP contribution in [-0.2, 0) is 19.3 Å². The van der Waals surface area contributed by atoms with Crippen LogP contribution >= 0.6 is 0 Å². The molecule has 4 nitrogen and oxygen atoms in total. The fraction of sp³-hybridized carbons (Fsp3) is 0.625. The highest BCUT2D eigenvalue weighted by Crippen LogP contribution is 2.51. The number of benzene rings is 1. The van der Waals surface area contributed by atoms with E-state index in [1.807, 2.05) is 6.92 Å². The van der Waals surface area contributed by atoms with Crippen LogP contribution in [0.25, 0.3) is 0 Å². The van der Waals surface area contributed by atoms with Crippen molar-refractivity contribution in [3.63, 3.8) is 0 Å². The van der Waals surface area contributed by atoms with Crippen LogP contribution in [0.15, 0.2) is 0 Å². The monoisotopic (exact) mass is 277 g/mol. The molecule has 2 aliphatic heterocycles. The Morgan fingerprint density at radius 3 is 2.35 bits per heavy atom. The Bertz CT molecular complexity index is 500. The van der Waals surface area contributed by atoms with Crippen LogP contribution in [0, 0.1) is 0 Å². The van der Waals surface area contributed by atoms with Crippen molar-refractivity contribution in [3.05, 3.63) is 16.7 Å². The first-order valence-corrected chi connectivity index (χ1v) is 7.34.